The zero-order chi connectivity index (χ0) is 15.6. The summed E-state index contributed by atoms with van der Waals surface area (Å²) in [5.74, 6) is -1.44. The Labute approximate surface area is 130 Å². The van der Waals surface area contributed by atoms with Crippen LogP contribution >= 0.6 is 23.2 Å². The van der Waals surface area contributed by atoms with E-state index in [2.05, 4.69) is 0 Å². The van der Waals surface area contributed by atoms with Gasteiger partial charge in [0.2, 0.25) is 0 Å². The van der Waals surface area contributed by atoms with E-state index >= 15 is 0 Å². The molecule has 2 atom stereocenters. The van der Waals surface area contributed by atoms with Crippen molar-refractivity contribution in [1.82, 2.24) is 4.90 Å². The standard InChI is InChI=1S/C13H13Cl2NO5/c14-7-1-2-9(15)11(3-7)21-6-12(18)16-5-8(17)4-10(16)13(19)20/h1-3,8,10,17H,4-6H2,(H,19,20)/t8?,10-/m0/s1. The SMILES string of the molecule is O=C(O)[C@@H]1CC(O)CN1C(=O)COc1cc(Cl)ccc1Cl. The minimum Gasteiger partial charge on any atom is -0.482 e. The highest BCUT2D eigenvalue weighted by Gasteiger charge is 2.38. The van der Waals surface area contributed by atoms with E-state index in [1.807, 2.05) is 0 Å². The minimum atomic E-state index is -1.15. The summed E-state index contributed by atoms with van der Waals surface area (Å²) in [6.07, 6.45) is -0.830. The van der Waals surface area contributed by atoms with Crippen LogP contribution in [0.3, 0.4) is 0 Å². The molecular weight excluding hydrogens is 321 g/mol. The molecule has 6 nitrogen and oxygen atoms in total. The lowest BCUT2D eigenvalue weighted by atomic mass is 10.2. The number of ether oxygens (including phenoxy) is 1. The Morgan fingerprint density at radius 3 is 2.76 bits per heavy atom. The van der Waals surface area contributed by atoms with Crippen LogP contribution < -0.4 is 4.74 Å². The number of carboxylic acid groups (broad SMARTS) is 1. The lowest BCUT2D eigenvalue weighted by Gasteiger charge is -2.21. The topological polar surface area (TPSA) is 87.1 Å². The molecule has 1 heterocycles. The molecule has 1 unspecified atom stereocenters. The lowest BCUT2D eigenvalue weighted by molar-refractivity contribution is -0.148. The van der Waals surface area contributed by atoms with Crippen molar-refractivity contribution in [3.8, 4) is 5.75 Å². The average Bonchev–Trinajstić information content (AvgIpc) is 2.82. The molecule has 114 valence electrons. The predicted octanol–water partition coefficient (Wildman–Crippen LogP) is 1.42. The second kappa shape index (κ2) is 6.51. The summed E-state index contributed by atoms with van der Waals surface area (Å²) in [4.78, 5) is 24.2. The van der Waals surface area contributed by atoms with Gasteiger partial charge >= 0.3 is 5.97 Å². The zero-order valence-electron chi connectivity index (χ0n) is 10.8. The van der Waals surface area contributed by atoms with Gasteiger partial charge in [-0.2, -0.15) is 0 Å². The van der Waals surface area contributed by atoms with Crippen molar-refractivity contribution in [2.75, 3.05) is 13.2 Å². The van der Waals surface area contributed by atoms with E-state index in [9.17, 15) is 14.7 Å². The third kappa shape index (κ3) is 3.78. The fourth-order valence-corrected chi connectivity index (χ4v) is 2.47. The van der Waals surface area contributed by atoms with E-state index in [0.29, 0.717) is 10.0 Å². The maximum Gasteiger partial charge on any atom is 0.326 e. The number of aliphatic hydroxyl groups excluding tert-OH is 1. The van der Waals surface area contributed by atoms with Gasteiger partial charge in [0.25, 0.3) is 5.91 Å². The Bertz CT molecular complexity index is 565. The highest BCUT2D eigenvalue weighted by Crippen LogP contribution is 2.28. The van der Waals surface area contributed by atoms with Gasteiger partial charge in [0.1, 0.15) is 11.8 Å². The highest BCUT2D eigenvalue weighted by molar-refractivity contribution is 6.34. The van der Waals surface area contributed by atoms with Gasteiger partial charge in [-0.1, -0.05) is 23.2 Å². The molecule has 2 N–H and O–H groups in total. The average molecular weight is 334 g/mol. The van der Waals surface area contributed by atoms with Crippen LogP contribution in [0.25, 0.3) is 0 Å². The third-order valence-electron chi connectivity index (χ3n) is 3.13. The highest BCUT2D eigenvalue weighted by atomic mass is 35.5. The maximum absolute atomic E-state index is 12.0. The molecule has 21 heavy (non-hydrogen) atoms. The summed E-state index contributed by atoms with van der Waals surface area (Å²) in [6.45, 7) is -0.404. The van der Waals surface area contributed by atoms with Gasteiger partial charge in [-0.05, 0) is 12.1 Å². The molecule has 1 aliphatic rings. The van der Waals surface area contributed by atoms with Gasteiger partial charge < -0.3 is 19.8 Å². The Morgan fingerprint density at radius 1 is 1.38 bits per heavy atom. The summed E-state index contributed by atoms with van der Waals surface area (Å²) in [6, 6.07) is 3.54. The number of rotatable bonds is 4. The number of hydrogen-bond donors (Lipinski definition) is 2. The smallest absolute Gasteiger partial charge is 0.326 e. The van der Waals surface area contributed by atoms with Gasteiger partial charge in [0.15, 0.2) is 6.61 Å². The van der Waals surface area contributed by atoms with Crippen LogP contribution in [0.15, 0.2) is 18.2 Å². The number of benzene rings is 1. The molecule has 0 aromatic heterocycles. The number of carboxylic acids is 1. The van der Waals surface area contributed by atoms with Crippen molar-refractivity contribution >= 4 is 35.1 Å². The molecule has 0 spiro atoms. The first-order valence-corrected chi connectivity index (χ1v) is 6.92. The molecule has 1 saturated heterocycles. The largest absolute Gasteiger partial charge is 0.482 e. The van der Waals surface area contributed by atoms with Crippen LogP contribution in [0, 0.1) is 0 Å². The summed E-state index contributed by atoms with van der Waals surface area (Å²) < 4.78 is 5.27. The van der Waals surface area contributed by atoms with E-state index in [0.717, 1.165) is 4.90 Å². The number of carbonyl (C=O) groups excluding carboxylic acids is 1. The van der Waals surface area contributed by atoms with Crippen LogP contribution in [0.5, 0.6) is 5.75 Å². The number of likely N-dealkylation sites (tertiary alicyclic amines) is 1. The van der Waals surface area contributed by atoms with Crippen LogP contribution in [0.1, 0.15) is 6.42 Å². The summed E-state index contributed by atoms with van der Waals surface area (Å²) in [5, 5.41) is 19.2. The quantitative estimate of drug-likeness (QED) is 0.870. The van der Waals surface area contributed by atoms with Crippen LogP contribution in [0.4, 0.5) is 0 Å². The molecule has 0 saturated carbocycles. The van der Waals surface area contributed by atoms with Gasteiger partial charge in [-0.3, -0.25) is 4.79 Å². The fourth-order valence-electron chi connectivity index (χ4n) is 2.13. The first-order valence-electron chi connectivity index (χ1n) is 6.16. The molecule has 1 amide bonds. The zero-order valence-corrected chi connectivity index (χ0v) is 12.3. The van der Waals surface area contributed by atoms with Crippen LogP contribution in [0.2, 0.25) is 10.0 Å². The second-order valence-corrected chi connectivity index (χ2v) is 5.50. The van der Waals surface area contributed by atoms with Gasteiger partial charge in [0, 0.05) is 24.1 Å². The monoisotopic (exact) mass is 333 g/mol. The molecule has 0 bridgehead atoms. The lowest BCUT2D eigenvalue weighted by Crippen LogP contribution is -2.42. The first kappa shape index (κ1) is 15.9. The maximum atomic E-state index is 12.0. The van der Waals surface area contributed by atoms with E-state index < -0.39 is 24.0 Å². The van der Waals surface area contributed by atoms with Crippen molar-refractivity contribution < 1.29 is 24.5 Å². The van der Waals surface area contributed by atoms with E-state index in [4.69, 9.17) is 33.0 Å². The Morgan fingerprint density at radius 2 is 2.10 bits per heavy atom. The number of nitrogens with zero attached hydrogens (tertiary/aromatic N) is 1. The van der Waals surface area contributed by atoms with Crippen LogP contribution in [-0.4, -0.2) is 52.3 Å². The number of carbonyl (C=O) groups is 2. The molecule has 2 rings (SSSR count). The van der Waals surface area contributed by atoms with Crippen molar-refractivity contribution in [1.29, 1.82) is 0 Å². The second-order valence-electron chi connectivity index (χ2n) is 4.65. The Kier molecular flexibility index (Phi) is 4.92. The van der Waals surface area contributed by atoms with Crippen molar-refractivity contribution in [2.24, 2.45) is 0 Å². The van der Waals surface area contributed by atoms with Crippen molar-refractivity contribution in [3.05, 3.63) is 28.2 Å². The van der Waals surface area contributed by atoms with Crippen molar-refractivity contribution in [2.45, 2.75) is 18.6 Å². The molecule has 1 aromatic carbocycles. The normalized spacial score (nSPS) is 21.4. The first-order chi connectivity index (χ1) is 9.88. The van der Waals surface area contributed by atoms with Gasteiger partial charge in [-0.25, -0.2) is 4.79 Å². The number of amides is 1. The van der Waals surface area contributed by atoms with Crippen molar-refractivity contribution in [3.63, 3.8) is 0 Å². The van der Waals surface area contributed by atoms with E-state index in [-0.39, 0.29) is 25.3 Å². The molecule has 1 fully saturated rings. The van der Waals surface area contributed by atoms with E-state index in [1.165, 1.54) is 12.1 Å². The van der Waals surface area contributed by atoms with E-state index in [1.54, 1.807) is 6.07 Å². The Balaban J connectivity index is 2.01. The molecule has 1 aliphatic heterocycles. The Hall–Kier alpha value is -1.50. The molecule has 8 heteroatoms. The molecule has 0 aliphatic carbocycles. The summed E-state index contributed by atoms with van der Waals surface area (Å²) >= 11 is 11.7. The van der Waals surface area contributed by atoms with Crippen LogP contribution in [-0.2, 0) is 9.59 Å². The molecule has 1 aromatic rings. The fraction of sp³-hybridized carbons (Fsp3) is 0.385. The summed E-state index contributed by atoms with van der Waals surface area (Å²) in [5.41, 5.74) is 0. The van der Waals surface area contributed by atoms with Gasteiger partial charge in [0.05, 0.1) is 11.1 Å². The predicted molar refractivity (Wildman–Crippen MR) is 75.7 cm³/mol. The number of aliphatic hydroxyl groups is 1. The van der Waals surface area contributed by atoms with Gasteiger partial charge in [-0.15, -0.1) is 0 Å². The third-order valence-corrected chi connectivity index (χ3v) is 3.68. The summed E-state index contributed by atoms with van der Waals surface area (Å²) in [7, 11) is 0. The number of halogens is 2. The molecule has 0 radical (unpaired) electrons. The minimum absolute atomic E-state index is 0.0129. The number of β-amino-alcohol motifs (C(OH)–C–C–N with tert-alkyl or cyclic N) is 1. The number of aliphatic carboxylic acids is 1. The molecular formula is C13H13Cl2NO5. The number of hydrogen-bond acceptors (Lipinski definition) is 4.